The summed E-state index contributed by atoms with van der Waals surface area (Å²) < 4.78 is 5.64. The van der Waals surface area contributed by atoms with Crippen molar-refractivity contribution in [3.05, 3.63) is 29.8 Å². The molecule has 1 saturated heterocycles. The molecule has 4 heteroatoms. The van der Waals surface area contributed by atoms with Crippen LogP contribution in [0.5, 0.6) is 5.75 Å². The number of carbonyl (C=O) groups is 1. The van der Waals surface area contributed by atoms with Gasteiger partial charge < -0.3 is 15.2 Å². The highest BCUT2D eigenvalue weighted by atomic mass is 16.5. The van der Waals surface area contributed by atoms with E-state index in [0.717, 1.165) is 25.1 Å². The van der Waals surface area contributed by atoms with Gasteiger partial charge in [-0.2, -0.15) is 0 Å². The summed E-state index contributed by atoms with van der Waals surface area (Å²) >= 11 is 0. The van der Waals surface area contributed by atoms with Gasteiger partial charge >= 0.3 is 5.97 Å². The van der Waals surface area contributed by atoms with Gasteiger partial charge in [-0.1, -0.05) is 17.7 Å². The van der Waals surface area contributed by atoms with E-state index < -0.39 is 11.5 Å². The first kappa shape index (κ1) is 13.9. The van der Waals surface area contributed by atoms with E-state index in [-0.39, 0.29) is 0 Å². The number of nitrogens with one attached hydrogen (secondary N) is 1. The minimum Gasteiger partial charge on any atom is -0.494 e. The Hall–Kier alpha value is -1.55. The predicted octanol–water partition coefficient (Wildman–Crippen LogP) is 2.36. The molecule has 19 heavy (non-hydrogen) atoms. The second-order valence-electron chi connectivity index (χ2n) is 5.18. The zero-order valence-corrected chi connectivity index (χ0v) is 11.3. The lowest BCUT2D eigenvalue weighted by molar-refractivity contribution is -0.146. The molecule has 0 aliphatic carbocycles. The Balaban J connectivity index is 1.89. The summed E-state index contributed by atoms with van der Waals surface area (Å²) in [7, 11) is 0. The highest BCUT2D eigenvalue weighted by Crippen LogP contribution is 2.24. The Morgan fingerprint density at radius 2 is 2.11 bits per heavy atom. The highest BCUT2D eigenvalue weighted by molar-refractivity contribution is 5.78. The first-order chi connectivity index (χ1) is 9.12. The van der Waals surface area contributed by atoms with Gasteiger partial charge in [0.25, 0.3) is 0 Å². The number of aryl methyl sites for hydroxylation is 1. The van der Waals surface area contributed by atoms with Crippen molar-refractivity contribution >= 4 is 5.97 Å². The molecule has 104 valence electrons. The lowest BCUT2D eigenvalue weighted by Crippen LogP contribution is -2.55. The summed E-state index contributed by atoms with van der Waals surface area (Å²) in [6.07, 6.45) is 3.19. The number of carboxylic acids is 1. The molecule has 1 aliphatic rings. The van der Waals surface area contributed by atoms with Crippen LogP contribution < -0.4 is 10.1 Å². The molecule has 0 spiro atoms. The van der Waals surface area contributed by atoms with Crippen LogP contribution in [0.25, 0.3) is 0 Å². The first-order valence-corrected chi connectivity index (χ1v) is 6.80. The molecule has 0 amide bonds. The minimum absolute atomic E-state index is 0.419. The Bertz CT molecular complexity index is 422. The minimum atomic E-state index is -0.803. The monoisotopic (exact) mass is 263 g/mol. The molecular weight excluding hydrogens is 242 g/mol. The van der Waals surface area contributed by atoms with Crippen molar-refractivity contribution in [1.29, 1.82) is 0 Å². The molecule has 0 radical (unpaired) electrons. The number of rotatable bonds is 5. The van der Waals surface area contributed by atoms with Gasteiger partial charge in [-0.3, -0.25) is 4.79 Å². The van der Waals surface area contributed by atoms with E-state index >= 15 is 0 Å². The molecule has 4 nitrogen and oxygen atoms in total. The van der Waals surface area contributed by atoms with Gasteiger partial charge in [0.15, 0.2) is 0 Å². The summed E-state index contributed by atoms with van der Waals surface area (Å²) in [5.74, 6) is 0.0293. The number of aliphatic carboxylic acids is 1. The zero-order valence-electron chi connectivity index (χ0n) is 11.3. The average molecular weight is 263 g/mol. The number of carboxylic acid groups (broad SMARTS) is 1. The van der Waals surface area contributed by atoms with Crippen molar-refractivity contribution in [3.8, 4) is 5.75 Å². The Labute approximate surface area is 113 Å². The van der Waals surface area contributed by atoms with Crippen molar-refractivity contribution in [3.63, 3.8) is 0 Å². The lowest BCUT2D eigenvalue weighted by atomic mass is 9.86. The maximum atomic E-state index is 11.4. The number of benzene rings is 1. The summed E-state index contributed by atoms with van der Waals surface area (Å²) in [6, 6.07) is 7.80. The van der Waals surface area contributed by atoms with Crippen LogP contribution in [0.1, 0.15) is 31.2 Å². The topological polar surface area (TPSA) is 58.6 Å². The molecule has 1 unspecified atom stereocenters. The third kappa shape index (κ3) is 3.47. The summed E-state index contributed by atoms with van der Waals surface area (Å²) in [6.45, 7) is 3.22. The predicted molar refractivity (Wildman–Crippen MR) is 73.5 cm³/mol. The Morgan fingerprint density at radius 1 is 1.37 bits per heavy atom. The number of hydrogen-bond acceptors (Lipinski definition) is 3. The second kappa shape index (κ2) is 6.06. The van der Waals surface area contributed by atoms with Crippen LogP contribution >= 0.6 is 0 Å². The van der Waals surface area contributed by atoms with E-state index in [1.165, 1.54) is 5.56 Å². The smallest absolute Gasteiger partial charge is 0.324 e. The largest absolute Gasteiger partial charge is 0.494 e. The van der Waals surface area contributed by atoms with Crippen molar-refractivity contribution in [2.45, 2.75) is 38.1 Å². The maximum absolute atomic E-state index is 11.4. The molecule has 1 aliphatic heterocycles. The normalized spacial score (nSPS) is 23.0. The Kier molecular flexibility index (Phi) is 4.43. The molecule has 1 heterocycles. The fraction of sp³-hybridized carbons (Fsp3) is 0.533. The molecule has 1 fully saturated rings. The standard InChI is InChI=1S/C15H21NO3/c1-12-4-6-13(7-5-12)19-11-9-15(14(17)18)8-2-3-10-16-15/h4-7,16H,2-3,8-11H2,1H3,(H,17,18). The van der Waals surface area contributed by atoms with Crippen molar-refractivity contribution in [2.75, 3.05) is 13.2 Å². The van der Waals surface area contributed by atoms with Crippen LogP contribution in [0.2, 0.25) is 0 Å². The van der Waals surface area contributed by atoms with Crippen LogP contribution in [-0.4, -0.2) is 29.8 Å². The number of hydrogen-bond donors (Lipinski definition) is 2. The molecule has 0 saturated carbocycles. The highest BCUT2D eigenvalue weighted by Gasteiger charge is 2.39. The summed E-state index contributed by atoms with van der Waals surface area (Å²) in [5.41, 5.74) is 0.381. The summed E-state index contributed by atoms with van der Waals surface area (Å²) in [5, 5.41) is 12.6. The van der Waals surface area contributed by atoms with Gasteiger partial charge in [0, 0.05) is 6.42 Å². The van der Waals surface area contributed by atoms with Gasteiger partial charge in [0.05, 0.1) is 6.61 Å². The maximum Gasteiger partial charge on any atom is 0.324 e. The molecule has 1 aromatic rings. The zero-order chi connectivity index (χ0) is 13.7. The van der Waals surface area contributed by atoms with E-state index in [1.807, 2.05) is 31.2 Å². The summed E-state index contributed by atoms with van der Waals surface area (Å²) in [4.78, 5) is 11.4. The van der Waals surface area contributed by atoms with Crippen LogP contribution in [-0.2, 0) is 4.79 Å². The van der Waals surface area contributed by atoms with Gasteiger partial charge in [0.2, 0.25) is 0 Å². The number of ether oxygens (including phenoxy) is 1. The third-order valence-electron chi connectivity index (χ3n) is 3.72. The Morgan fingerprint density at radius 3 is 2.68 bits per heavy atom. The van der Waals surface area contributed by atoms with E-state index in [9.17, 15) is 9.90 Å². The van der Waals surface area contributed by atoms with E-state index in [4.69, 9.17) is 4.74 Å². The van der Waals surface area contributed by atoms with Crippen molar-refractivity contribution in [2.24, 2.45) is 0 Å². The fourth-order valence-corrected chi connectivity index (χ4v) is 2.45. The van der Waals surface area contributed by atoms with Crippen LogP contribution in [0.15, 0.2) is 24.3 Å². The van der Waals surface area contributed by atoms with Crippen molar-refractivity contribution in [1.82, 2.24) is 5.32 Å². The van der Waals surface area contributed by atoms with Crippen LogP contribution in [0.3, 0.4) is 0 Å². The molecule has 0 bridgehead atoms. The lowest BCUT2D eigenvalue weighted by Gasteiger charge is -2.34. The molecule has 0 aromatic heterocycles. The first-order valence-electron chi connectivity index (χ1n) is 6.80. The van der Waals surface area contributed by atoms with Crippen molar-refractivity contribution < 1.29 is 14.6 Å². The fourth-order valence-electron chi connectivity index (χ4n) is 2.45. The van der Waals surface area contributed by atoms with Gasteiger partial charge in [0.1, 0.15) is 11.3 Å². The second-order valence-corrected chi connectivity index (χ2v) is 5.18. The molecular formula is C15H21NO3. The number of piperidine rings is 1. The van der Waals surface area contributed by atoms with Gasteiger partial charge in [-0.15, -0.1) is 0 Å². The van der Waals surface area contributed by atoms with Gasteiger partial charge in [-0.05, 0) is 44.9 Å². The molecule has 2 N–H and O–H groups in total. The van der Waals surface area contributed by atoms with E-state index in [1.54, 1.807) is 0 Å². The average Bonchev–Trinajstić information content (AvgIpc) is 2.42. The quantitative estimate of drug-likeness (QED) is 0.856. The molecule has 2 rings (SSSR count). The van der Waals surface area contributed by atoms with E-state index in [0.29, 0.717) is 19.4 Å². The molecule has 1 atom stereocenters. The van der Waals surface area contributed by atoms with Crippen LogP contribution in [0, 0.1) is 6.92 Å². The third-order valence-corrected chi connectivity index (χ3v) is 3.72. The van der Waals surface area contributed by atoms with E-state index in [2.05, 4.69) is 5.32 Å². The SMILES string of the molecule is Cc1ccc(OCCC2(C(=O)O)CCCCN2)cc1. The molecule has 1 aromatic carbocycles. The van der Waals surface area contributed by atoms with Crippen LogP contribution in [0.4, 0.5) is 0 Å². The van der Waals surface area contributed by atoms with Gasteiger partial charge in [-0.25, -0.2) is 0 Å².